The van der Waals surface area contributed by atoms with Gasteiger partial charge in [-0.15, -0.1) is 24.0 Å². The van der Waals surface area contributed by atoms with E-state index >= 15 is 0 Å². The maximum Gasteiger partial charge on any atom is 0.241 e. The lowest BCUT2D eigenvalue weighted by molar-refractivity contribution is -0.119. The van der Waals surface area contributed by atoms with Crippen molar-refractivity contribution in [2.75, 3.05) is 53.2 Å². The number of methoxy groups -OCH3 is 1. The monoisotopic (exact) mass is 458 g/mol. The summed E-state index contributed by atoms with van der Waals surface area (Å²) in [4.78, 5) is 15.9. The quantitative estimate of drug-likeness (QED) is 0.186. The third-order valence-corrected chi connectivity index (χ3v) is 3.21. The van der Waals surface area contributed by atoms with E-state index in [4.69, 9.17) is 14.2 Å². The summed E-state index contributed by atoms with van der Waals surface area (Å²) in [6, 6.07) is 0.0879. The molecule has 1 amide bonds. The van der Waals surface area contributed by atoms with Gasteiger partial charge in [0.1, 0.15) is 6.54 Å². The van der Waals surface area contributed by atoms with Crippen molar-refractivity contribution in [3.63, 3.8) is 0 Å². The van der Waals surface area contributed by atoms with Crippen LogP contribution in [0.15, 0.2) is 4.99 Å². The number of carbonyl (C=O) groups excluding carboxylic acids is 1. The maximum atomic E-state index is 11.6. The minimum Gasteiger partial charge on any atom is -0.383 e. The van der Waals surface area contributed by atoms with E-state index in [1.807, 2.05) is 13.8 Å². The largest absolute Gasteiger partial charge is 0.383 e. The van der Waals surface area contributed by atoms with Crippen molar-refractivity contribution >= 4 is 35.8 Å². The lowest BCUT2D eigenvalue weighted by Crippen LogP contribution is -2.45. The molecule has 2 unspecified atom stereocenters. The Kier molecular flexibility index (Phi) is 14.3. The molecule has 24 heavy (non-hydrogen) atoms. The Hall–Kier alpha value is -0.650. The highest BCUT2D eigenvalue weighted by Crippen LogP contribution is 2.08. The molecule has 142 valence electrons. The number of halogens is 1. The summed E-state index contributed by atoms with van der Waals surface area (Å²) in [5, 5.41) is 9.08. The Labute approximate surface area is 161 Å². The highest BCUT2D eigenvalue weighted by Gasteiger charge is 2.17. The average molecular weight is 458 g/mol. The lowest BCUT2D eigenvalue weighted by atomic mass is 10.3. The second kappa shape index (κ2) is 14.7. The second-order valence-corrected chi connectivity index (χ2v) is 5.40. The molecule has 1 rings (SSSR count). The number of hydrogen-bond acceptors (Lipinski definition) is 5. The number of carbonyl (C=O) groups is 1. The molecule has 0 aromatic rings. The van der Waals surface area contributed by atoms with Gasteiger partial charge < -0.3 is 30.2 Å². The molecule has 8 nitrogen and oxygen atoms in total. The van der Waals surface area contributed by atoms with Crippen molar-refractivity contribution in [1.82, 2.24) is 16.0 Å². The molecule has 0 radical (unpaired) electrons. The Morgan fingerprint density at radius 2 is 2.21 bits per heavy atom. The van der Waals surface area contributed by atoms with Crippen molar-refractivity contribution in [2.45, 2.75) is 32.4 Å². The van der Waals surface area contributed by atoms with Crippen LogP contribution in [0.1, 0.15) is 20.3 Å². The van der Waals surface area contributed by atoms with Crippen LogP contribution in [0.5, 0.6) is 0 Å². The molecule has 0 aromatic carbocycles. The molecule has 9 heteroatoms. The van der Waals surface area contributed by atoms with E-state index in [1.165, 1.54) is 0 Å². The molecule has 1 heterocycles. The number of nitrogens with zero attached hydrogens (tertiary/aromatic N) is 1. The summed E-state index contributed by atoms with van der Waals surface area (Å²) in [5.74, 6) is 0.472. The fourth-order valence-electron chi connectivity index (χ4n) is 2.02. The SMILES string of the molecule is CCNC(=NCC(=O)NCCOC)NC(C)COC1CCOC1.I. The van der Waals surface area contributed by atoms with Gasteiger partial charge in [-0.2, -0.15) is 0 Å². The molecule has 1 aliphatic rings. The van der Waals surface area contributed by atoms with Crippen LogP contribution in [0.25, 0.3) is 0 Å². The average Bonchev–Trinajstić information content (AvgIpc) is 3.04. The van der Waals surface area contributed by atoms with Crippen LogP contribution in [0, 0.1) is 0 Å². The van der Waals surface area contributed by atoms with Crippen molar-refractivity contribution < 1.29 is 19.0 Å². The molecule has 0 bridgehead atoms. The highest BCUT2D eigenvalue weighted by atomic mass is 127. The molecule has 2 atom stereocenters. The highest BCUT2D eigenvalue weighted by molar-refractivity contribution is 14.0. The first kappa shape index (κ1) is 23.4. The number of nitrogens with one attached hydrogen (secondary N) is 3. The number of hydrogen-bond donors (Lipinski definition) is 3. The number of guanidine groups is 1. The zero-order valence-electron chi connectivity index (χ0n) is 14.8. The van der Waals surface area contributed by atoms with Gasteiger partial charge in [0.15, 0.2) is 5.96 Å². The van der Waals surface area contributed by atoms with Crippen LogP contribution in [0.2, 0.25) is 0 Å². The summed E-state index contributed by atoms with van der Waals surface area (Å²) < 4.78 is 15.9. The van der Waals surface area contributed by atoms with Gasteiger partial charge in [0.05, 0.1) is 25.9 Å². The Morgan fingerprint density at radius 1 is 1.42 bits per heavy atom. The molecule has 3 N–H and O–H groups in total. The predicted octanol–water partition coefficient (Wildman–Crippen LogP) is 0.116. The third kappa shape index (κ3) is 11.0. The van der Waals surface area contributed by atoms with Crippen molar-refractivity contribution in [3.05, 3.63) is 0 Å². The van der Waals surface area contributed by atoms with Crippen LogP contribution in [-0.2, 0) is 19.0 Å². The third-order valence-electron chi connectivity index (χ3n) is 3.21. The van der Waals surface area contributed by atoms with Gasteiger partial charge in [0.2, 0.25) is 5.91 Å². The van der Waals surface area contributed by atoms with Crippen molar-refractivity contribution in [3.8, 4) is 0 Å². The van der Waals surface area contributed by atoms with Gasteiger partial charge in [-0.25, -0.2) is 4.99 Å². The summed E-state index contributed by atoms with van der Waals surface area (Å²) >= 11 is 0. The van der Waals surface area contributed by atoms with Crippen molar-refractivity contribution in [1.29, 1.82) is 0 Å². The number of amides is 1. The van der Waals surface area contributed by atoms with Gasteiger partial charge in [-0.3, -0.25) is 4.79 Å². The fraction of sp³-hybridized carbons (Fsp3) is 0.867. The zero-order valence-corrected chi connectivity index (χ0v) is 17.1. The van der Waals surface area contributed by atoms with E-state index in [2.05, 4.69) is 20.9 Å². The predicted molar refractivity (Wildman–Crippen MR) is 104 cm³/mol. The topological polar surface area (TPSA) is 93.2 Å². The molecule has 0 saturated carbocycles. The summed E-state index contributed by atoms with van der Waals surface area (Å²) in [6.07, 6.45) is 1.13. The molecular weight excluding hydrogens is 427 g/mol. The Balaban J connectivity index is 0.00000529. The maximum absolute atomic E-state index is 11.6. The van der Waals surface area contributed by atoms with Gasteiger partial charge in [-0.1, -0.05) is 0 Å². The Bertz CT molecular complexity index is 365. The van der Waals surface area contributed by atoms with E-state index < -0.39 is 0 Å². The normalized spacial score (nSPS) is 18.6. The van der Waals surface area contributed by atoms with Gasteiger partial charge in [-0.05, 0) is 20.3 Å². The lowest BCUT2D eigenvalue weighted by Gasteiger charge is -2.19. The van der Waals surface area contributed by atoms with Crippen LogP contribution in [-0.4, -0.2) is 77.2 Å². The second-order valence-electron chi connectivity index (χ2n) is 5.40. The van der Waals surface area contributed by atoms with Gasteiger partial charge >= 0.3 is 0 Å². The van der Waals surface area contributed by atoms with Crippen molar-refractivity contribution in [2.24, 2.45) is 4.99 Å². The number of rotatable bonds is 10. The van der Waals surface area contributed by atoms with Gasteiger partial charge in [0, 0.05) is 32.8 Å². The van der Waals surface area contributed by atoms with Gasteiger partial charge in [0.25, 0.3) is 0 Å². The molecule has 1 aliphatic heterocycles. The van der Waals surface area contributed by atoms with Crippen LogP contribution in [0.3, 0.4) is 0 Å². The standard InChI is InChI=1S/C15H30N4O4.HI/c1-4-16-15(18-9-14(20)17-6-8-21-3)19-12(2)10-23-13-5-7-22-11-13;/h12-13H,4-11H2,1-3H3,(H,17,20)(H2,16,18,19);1H. The summed E-state index contributed by atoms with van der Waals surface area (Å²) in [7, 11) is 1.60. The molecule has 1 saturated heterocycles. The first-order chi connectivity index (χ1) is 11.2. The van der Waals surface area contributed by atoms with E-state index in [0.29, 0.717) is 32.3 Å². The zero-order chi connectivity index (χ0) is 16.9. The molecule has 0 aromatic heterocycles. The molecule has 1 fully saturated rings. The van der Waals surface area contributed by atoms with Crippen LogP contribution >= 0.6 is 24.0 Å². The van der Waals surface area contributed by atoms with E-state index in [0.717, 1.165) is 19.6 Å². The first-order valence-electron chi connectivity index (χ1n) is 8.15. The fourth-order valence-corrected chi connectivity index (χ4v) is 2.02. The minimum absolute atomic E-state index is 0. The smallest absolute Gasteiger partial charge is 0.241 e. The van der Waals surface area contributed by atoms with Crippen LogP contribution < -0.4 is 16.0 Å². The number of ether oxygens (including phenoxy) is 3. The van der Waals surface area contributed by atoms with E-state index in [9.17, 15) is 4.79 Å². The molecular formula is C15H31IN4O4. The molecule has 0 spiro atoms. The van der Waals surface area contributed by atoms with Crippen LogP contribution in [0.4, 0.5) is 0 Å². The van der Waals surface area contributed by atoms with E-state index in [-0.39, 0.29) is 48.6 Å². The molecule has 0 aliphatic carbocycles. The minimum atomic E-state index is -0.133. The Morgan fingerprint density at radius 3 is 2.83 bits per heavy atom. The van der Waals surface area contributed by atoms with E-state index in [1.54, 1.807) is 7.11 Å². The summed E-state index contributed by atoms with van der Waals surface area (Å²) in [5.41, 5.74) is 0. The first-order valence-corrected chi connectivity index (χ1v) is 8.15. The number of aliphatic imine (C=N–C) groups is 1. The summed E-state index contributed by atoms with van der Waals surface area (Å²) in [6.45, 7) is 7.78.